The van der Waals surface area contributed by atoms with E-state index in [1.807, 2.05) is 22.9 Å². The number of pyridine rings is 1. The predicted octanol–water partition coefficient (Wildman–Crippen LogP) is 4.48. The molecule has 0 aliphatic heterocycles. The van der Waals surface area contributed by atoms with E-state index >= 15 is 0 Å². The summed E-state index contributed by atoms with van der Waals surface area (Å²) in [6, 6.07) is 10.3. The van der Waals surface area contributed by atoms with Crippen molar-refractivity contribution in [3.63, 3.8) is 0 Å². The van der Waals surface area contributed by atoms with Crippen molar-refractivity contribution < 1.29 is 0 Å². The SMILES string of the molecule is Clc1c(-c2cccc3[nH]ccc23)ccn2c(CC3CC3)nnc12. The van der Waals surface area contributed by atoms with Gasteiger partial charge in [0.1, 0.15) is 5.82 Å². The molecule has 23 heavy (non-hydrogen) atoms. The molecule has 1 aliphatic rings. The molecule has 1 N–H and O–H groups in total. The van der Waals surface area contributed by atoms with E-state index in [0.29, 0.717) is 5.02 Å². The first kappa shape index (κ1) is 13.1. The van der Waals surface area contributed by atoms with E-state index in [9.17, 15) is 0 Å². The van der Waals surface area contributed by atoms with Crippen molar-refractivity contribution in [2.45, 2.75) is 19.3 Å². The van der Waals surface area contributed by atoms with E-state index in [4.69, 9.17) is 11.6 Å². The molecule has 3 aromatic heterocycles. The van der Waals surface area contributed by atoms with Crippen molar-refractivity contribution in [2.24, 2.45) is 5.92 Å². The van der Waals surface area contributed by atoms with Crippen molar-refractivity contribution >= 4 is 28.2 Å². The predicted molar refractivity (Wildman–Crippen MR) is 91.7 cm³/mol. The van der Waals surface area contributed by atoms with Gasteiger partial charge in [0, 0.05) is 35.3 Å². The maximum atomic E-state index is 6.68. The zero-order valence-electron chi connectivity index (χ0n) is 12.5. The summed E-state index contributed by atoms with van der Waals surface area (Å²) in [5, 5.41) is 10.5. The molecule has 0 bridgehead atoms. The van der Waals surface area contributed by atoms with Gasteiger partial charge in [-0.1, -0.05) is 23.7 Å². The Kier molecular flexibility index (Phi) is 2.76. The topological polar surface area (TPSA) is 46.0 Å². The molecule has 0 saturated heterocycles. The summed E-state index contributed by atoms with van der Waals surface area (Å²) in [6.45, 7) is 0. The molecule has 0 atom stereocenters. The largest absolute Gasteiger partial charge is 0.361 e. The van der Waals surface area contributed by atoms with Crippen LogP contribution in [0.2, 0.25) is 5.02 Å². The molecule has 1 fully saturated rings. The van der Waals surface area contributed by atoms with Gasteiger partial charge in [-0.3, -0.25) is 4.40 Å². The maximum absolute atomic E-state index is 6.68. The molecule has 5 heteroatoms. The summed E-state index contributed by atoms with van der Waals surface area (Å²) in [4.78, 5) is 3.24. The van der Waals surface area contributed by atoms with Crippen molar-refractivity contribution in [2.75, 3.05) is 0 Å². The summed E-state index contributed by atoms with van der Waals surface area (Å²) in [5.74, 6) is 1.78. The number of fused-ring (bicyclic) bond motifs is 2. The van der Waals surface area contributed by atoms with Gasteiger partial charge in [0.05, 0.1) is 5.02 Å². The number of benzene rings is 1. The fourth-order valence-electron chi connectivity index (χ4n) is 3.22. The third-order valence-electron chi connectivity index (χ3n) is 4.64. The van der Waals surface area contributed by atoms with Gasteiger partial charge in [0.15, 0.2) is 5.65 Å². The highest BCUT2D eigenvalue weighted by atomic mass is 35.5. The minimum absolute atomic E-state index is 0.663. The Hall–Kier alpha value is -2.33. The lowest BCUT2D eigenvalue weighted by Crippen LogP contribution is -1.97. The van der Waals surface area contributed by atoms with Crippen molar-refractivity contribution in [3.05, 3.63) is 53.6 Å². The molecule has 0 radical (unpaired) electrons. The average molecular weight is 323 g/mol. The number of halogens is 1. The summed E-state index contributed by atoms with van der Waals surface area (Å²) in [7, 11) is 0. The third kappa shape index (κ3) is 2.05. The minimum atomic E-state index is 0.663. The first-order chi connectivity index (χ1) is 11.3. The van der Waals surface area contributed by atoms with Gasteiger partial charge >= 0.3 is 0 Å². The van der Waals surface area contributed by atoms with Gasteiger partial charge < -0.3 is 4.98 Å². The Morgan fingerprint density at radius 1 is 1.13 bits per heavy atom. The fourth-order valence-corrected chi connectivity index (χ4v) is 3.51. The Bertz CT molecular complexity index is 1030. The smallest absolute Gasteiger partial charge is 0.180 e. The van der Waals surface area contributed by atoms with Gasteiger partial charge in [0.2, 0.25) is 0 Å². The van der Waals surface area contributed by atoms with Crippen LogP contribution in [0.15, 0.2) is 42.7 Å². The molecule has 4 aromatic rings. The maximum Gasteiger partial charge on any atom is 0.180 e. The Morgan fingerprint density at radius 3 is 2.91 bits per heavy atom. The molecular formula is C18H15ClN4. The average Bonchev–Trinajstić information content (AvgIpc) is 3.08. The van der Waals surface area contributed by atoms with Crippen LogP contribution in [0, 0.1) is 5.92 Å². The lowest BCUT2D eigenvalue weighted by molar-refractivity contribution is 0.758. The standard InChI is InChI=1S/C18H15ClN4/c19-17-14(12-2-1-3-15-13(12)6-8-20-15)7-9-23-16(10-11-4-5-11)21-22-18(17)23/h1-3,6-9,11,20H,4-5,10H2. The Labute approximate surface area is 138 Å². The summed E-state index contributed by atoms with van der Waals surface area (Å²) in [5.41, 5.74) is 3.96. The molecule has 0 amide bonds. The van der Waals surface area contributed by atoms with E-state index < -0.39 is 0 Å². The monoisotopic (exact) mass is 322 g/mol. The van der Waals surface area contributed by atoms with E-state index in [1.165, 1.54) is 12.8 Å². The number of H-pyrrole nitrogens is 1. The van der Waals surface area contributed by atoms with Crippen LogP contribution in [0.25, 0.3) is 27.7 Å². The van der Waals surface area contributed by atoms with E-state index in [1.54, 1.807) is 0 Å². The van der Waals surface area contributed by atoms with Crippen LogP contribution in [0.3, 0.4) is 0 Å². The number of hydrogen-bond donors (Lipinski definition) is 1. The second-order valence-electron chi connectivity index (χ2n) is 6.25. The van der Waals surface area contributed by atoms with E-state index in [0.717, 1.165) is 45.8 Å². The van der Waals surface area contributed by atoms with Crippen molar-refractivity contribution in [1.82, 2.24) is 19.6 Å². The minimum Gasteiger partial charge on any atom is -0.361 e. The van der Waals surface area contributed by atoms with Gasteiger partial charge in [-0.15, -0.1) is 10.2 Å². The molecule has 3 heterocycles. The van der Waals surface area contributed by atoms with Crippen LogP contribution in [0.1, 0.15) is 18.7 Å². The van der Waals surface area contributed by atoms with Crippen LogP contribution in [-0.2, 0) is 6.42 Å². The zero-order valence-corrected chi connectivity index (χ0v) is 13.2. The summed E-state index contributed by atoms with van der Waals surface area (Å²) < 4.78 is 2.03. The van der Waals surface area contributed by atoms with Crippen molar-refractivity contribution in [1.29, 1.82) is 0 Å². The number of nitrogens with one attached hydrogen (secondary N) is 1. The summed E-state index contributed by atoms with van der Waals surface area (Å²) >= 11 is 6.68. The molecule has 0 unspecified atom stereocenters. The number of hydrogen-bond acceptors (Lipinski definition) is 2. The first-order valence-electron chi connectivity index (χ1n) is 7.90. The molecule has 114 valence electrons. The lowest BCUT2D eigenvalue weighted by atomic mass is 10.0. The molecule has 5 rings (SSSR count). The van der Waals surface area contributed by atoms with Crippen molar-refractivity contribution in [3.8, 4) is 11.1 Å². The molecular weight excluding hydrogens is 308 g/mol. The second-order valence-corrected chi connectivity index (χ2v) is 6.62. The van der Waals surface area contributed by atoms with Gasteiger partial charge in [-0.25, -0.2) is 0 Å². The second kappa shape index (κ2) is 4.83. The molecule has 0 spiro atoms. The third-order valence-corrected chi connectivity index (χ3v) is 5.02. The normalized spacial score (nSPS) is 14.8. The van der Waals surface area contributed by atoms with Crippen LogP contribution >= 0.6 is 11.6 Å². The molecule has 1 aromatic carbocycles. The highest BCUT2D eigenvalue weighted by Crippen LogP contribution is 2.36. The van der Waals surface area contributed by atoms with Crippen LogP contribution in [0.4, 0.5) is 0 Å². The number of aromatic nitrogens is 4. The van der Waals surface area contributed by atoms with Gasteiger partial charge in [-0.05, 0) is 42.5 Å². The highest BCUT2D eigenvalue weighted by Gasteiger charge is 2.24. The zero-order chi connectivity index (χ0) is 15.4. The van der Waals surface area contributed by atoms with Crippen LogP contribution in [-0.4, -0.2) is 19.6 Å². The van der Waals surface area contributed by atoms with Crippen LogP contribution < -0.4 is 0 Å². The van der Waals surface area contributed by atoms with Crippen LogP contribution in [0.5, 0.6) is 0 Å². The number of aromatic amines is 1. The lowest BCUT2D eigenvalue weighted by Gasteiger charge is -2.08. The molecule has 1 saturated carbocycles. The Morgan fingerprint density at radius 2 is 2.04 bits per heavy atom. The van der Waals surface area contributed by atoms with E-state index in [2.05, 4.69) is 39.4 Å². The molecule has 1 aliphatic carbocycles. The Balaban J connectivity index is 1.70. The fraction of sp³-hybridized carbons (Fsp3) is 0.222. The van der Waals surface area contributed by atoms with Gasteiger partial charge in [0.25, 0.3) is 0 Å². The number of rotatable bonds is 3. The quantitative estimate of drug-likeness (QED) is 0.604. The molecule has 4 nitrogen and oxygen atoms in total. The number of nitrogens with zero attached hydrogens (tertiary/aromatic N) is 3. The van der Waals surface area contributed by atoms with E-state index in [-0.39, 0.29) is 0 Å². The first-order valence-corrected chi connectivity index (χ1v) is 8.27. The van der Waals surface area contributed by atoms with Gasteiger partial charge in [-0.2, -0.15) is 0 Å². The highest BCUT2D eigenvalue weighted by molar-refractivity contribution is 6.36. The summed E-state index contributed by atoms with van der Waals surface area (Å²) in [6.07, 6.45) is 7.59.